The van der Waals surface area contributed by atoms with E-state index in [1.165, 1.54) is 5.56 Å². The number of rotatable bonds is 7. The van der Waals surface area contributed by atoms with Gasteiger partial charge in [0.25, 0.3) is 0 Å². The summed E-state index contributed by atoms with van der Waals surface area (Å²) in [5, 5.41) is 3.50. The number of aryl methyl sites for hydroxylation is 1. The molecule has 0 heterocycles. The summed E-state index contributed by atoms with van der Waals surface area (Å²) in [4.78, 5) is 10.8. The summed E-state index contributed by atoms with van der Waals surface area (Å²) in [6.45, 7) is 3.10. The van der Waals surface area contributed by atoms with E-state index in [1.807, 2.05) is 24.3 Å². The topological polar surface area (TPSA) is 29.1 Å². The molecular weight excluding hydrogens is 246 g/mol. The Morgan fingerprint density at radius 2 is 1.90 bits per heavy atom. The molecule has 0 fully saturated rings. The molecule has 1 N–H and O–H groups in total. The quantitative estimate of drug-likeness (QED) is 0.611. The Bertz CT molecular complexity index is 536. The maximum Gasteiger partial charge on any atom is 0.150 e. The van der Waals surface area contributed by atoms with Crippen LogP contribution in [-0.4, -0.2) is 12.8 Å². The highest BCUT2D eigenvalue weighted by molar-refractivity contribution is 5.74. The summed E-state index contributed by atoms with van der Waals surface area (Å²) in [5.41, 5.74) is 3.28. The van der Waals surface area contributed by atoms with Crippen LogP contribution in [0.25, 0.3) is 0 Å². The number of benzene rings is 2. The summed E-state index contributed by atoms with van der Waals surface area (Å²) in [6, 6.07) is 18.6. The Balaban J connectivity index is 1.77. The van der Waals surface area contributed by atoms with Crippen LogP contribution in [0.4, 0.5) is 0 Å². The van der Waals surface area contributed by atoms with Crippen molar-refractivity contribution in [3.8, 4) is 0 Å². The minimum absolute atomic E-state index is 0.269. The van der Waals surface area contributed by atoms with Crippen LogP contribution < -0.4 is 5.32 Å². The molecular formula is C18H21NO. The second-order valence-corrected chi connectivity index (χ2v) is 5.05. The fourth-order valence-electron chi connectivity index (χ4n) is 2.28. The van der Waals surface area contributed by atoms with E-state index in [0.717, 1.165) is 36.8 Å². The van der Waals surface area contributed by atoms with Crippen LogP contribution in [0.2, 0.25) is 0 Å². The molecule has 0 spiro atoms. The molecule has 2 aromatic rings. The van der Waals surface area contributed by atoms with Gasteiger partial charge in [0.1, 0.15) is 6.29 Å². The first kappa shape index (κ1) is 14.5. The summed E-state index contributed by atoms with van der Waals surface area (Å²) in [6.07, 6.45) is 3.10. The standard InChI is InChI=1S/C18H21NO/c1-15(18-11-5-9-17(13-18)14-20)19-12-6-10-16-7-3-2-4-8-16/h2-5,7-9,11,13-15,19H,6,10,12H2,1H3/t15-/m0/s1. The van der Waals surface area contributed by atoms with E-state index in [-0.39, 0.29) is 6.04 Å². The molecule has 0 aliphatic carbocycles. The van der Waals surface area contributed by atoms with Crippen LogP contribution in [0.3, 0.4) is 0 Å². The molecule has 2 nitrogen and oxygen atoms in total. The van der Waals surface area contributed by atoms with Gasteiger partial charge in [-0.1, -0.05) is 48.5 Å². The molecule has 0 aliphatic rings. The fraction of sp³-hybridized carbons (Fsp3) is 0.278. The minimum Gasteiger partial charge on any atom is -0.310 e. The third-order valence-corrected chi connectivity index (χ3v) is 3.48. The molecule has 0 unspecified atom stereocenters. The monoisotopic (exact) mass is 267 g/mol. The van der Waals surface area contributed by atoms with Crippen molar-refractivity contribution in [2.45, 2.75) is 25.8 Å². The van der Waals surface area contributed by atoms with E-state index in [0.29, 0.717) is 0 Å². The first-order valence-corrected chi connectivity index (χ1v) is 7.12. The Hall–Kier alpha value is -1.93. The molecule has 0 saturated carbocycles. The van der Waals surface area contributed by atoms with Gasteiger partial charge in [-0.3, -0.25) is 4.79 Å². The van der Waals surface area contributed by atoms with E-state index in [4.69, 9.17) is 0 Å². The SMILES string of the molecule is C[C@H](NCCCc1ccccc1)c1cccc(C=O)c1. The van der Waals surface area contributed by atoms with Crippen LogP contribution >= 0.6 is 0 Å². The Morgan fingerprint density at radius 1 is 1.10 bits per heavy atom. The fourth-order valence-corrected chi connectivity index (χ4v) is 2.28. The largest absolute Gasteiger partial charge is 0.310 e. The molecule has 0 aromatic heterocycles. The van der Waals surface area contributed by atoms with Gasteiger partial charge in [-0.15, -0.1) is 0 Å². The lowest BCUT2D eigenvalue weighted by Gasteiger charge is -2.14. The van der Waals surface area contributed by atoms with Crippen molar-refractivity contribution >= 4 is 6.29 Å². The van der Waals surface area contributed by atoms with Gasteiger partial charge < -0.3 is 5.32 Å². The number of hydrogen-bond acceptors (Lipinski definition) is 2. The van der Waals surface area contributed by atoms with Crippen molar-refractivity contribution in [2.24, 2.45) is 0 Å². The Kier molecular flexibility index (Phi) is 5.51. The van der Waals surface area contributed by atoms with Gasteiger partial charge in [0.2, 0.25) is 0 Å². The maximum atomic E-state index is 10.8. The van der Waals surface area contributed by atoms with Crippen molar-refractivity contribution in [3.05, 3.63) is 71.3 Å². The molecule has 0 bridgehead atoms. The van der Waals surface area contributed by atoms with Gasteiger partial charge in [0.05, 0.1) is 0 Å². The molecule has 2 rings (SSSR count). The van der Waals surface area contributed by atoms with Crippen LogP contribution in [0.5, 0.6) is 0 Å². The lowest BCUT2D eigenvalue weighted by molar-refractivity contribution is 0.112. The lowest BCUT2D eigenvalue weighted by Crippen LogP contribution is -2.20. The molecule has 0 saturated heterocycles. The molecule has 0 amide bonds. The van der Waals surface area contributed by atoms with Crippen LogP contribution in [0, 0.1) is 0 Å². The van der Waals surface area contributed by atoms with Gasteiger partial charge in [-0.25, -0.2) is 0 Å². The number of nitrogens with one attached hydrogen (secondary N) is 1. The number of carbonyl (C=O) groups is 1. The van der Waals surface area contributed by atoms with Gasteiger partial charge in [-0.05, 0) is 43.5 Å². The Labute approximate surface area is 120 Å². The molecule has 104 valence electrons. The van der Waals surface area contributed by atoms with Gasteiger partial charge in [0.15, 0.2) is 0 Å². The van der Waals surface area contributed by atoms with E-state index < -0.39 is 0 Å². The average Bonchev–Trinajstić information content (AvgIpc) is 2.52. The third kappa shape index (κ3) is 4.32. The highest BCUT2D eigenvalue weighted by Crippen LogP contribution is 2.13. The molecule has 0 aliphatic heterocycles. The van der Waals surface area contributed by atoms with Crippen molar-refractivity contribution in [1.82, 2.24) is 5.32 Å². The van der Waals surface area contributed by atoms with Gasteiger partial charge in [0, 0.05) is 11.6 Å². The van der Waals surface area contributed by atoms with Crippen molar-refractivity contribution < 1.29 is 4.79 Å². The number of carbonyl (C=O) groups excluding carboxylic acids is 1. The molecule has 1 atom stereocenters. The highest BCUT2D eigenvalue weighted by atomic mass is 16.1. The van der Waals surface area contributed by atoms with Crippen LogP contribution in [-0.2, 0) is 6.42 Å². The van der Waals surface area contributed by atoms with Gasteiger partial charge in [-0.2, -0.15) is 0 Å². The summed E-state index contributed by atoms with van der Waals surface area (Å²) >= 11 is 0. The first-order chi connectivity index (χ1) is 9.79. The van der Waals surface area contributed by atoms with Crippen LogP contribution in [0.1, 0.15) is 40.9 Å². The summed E-state index contributed by atoms with van der Waals surface area (Å²) < 4.78 is 0. The smallest absolute Gasteiger partial charge is 0.150 e. The molecule has 20 heavy (non-hydrogen) atoms. The molecule has 0 radical (unpaired) electrons. The predicted octanol–water partition coefficient (Wildman–Crippen LogP) is 3.78. The lowest BCUT2D eigenvalue weighted by atomic mass is 10.1. The van der Waals surface area contributed by atoms with Crippen molar-refractivity contribution in [3.63, 3.8) is 0 Å². The van der Waals surface area contributed by atoms with Gasteiger partial charge >= 0.3 is 0 Å². The average molecular weight is 267 g/mol. The van der Waals surface area contributed by atoms with E-state index in [1.54, 1.807) is 0 Å². The number of aldehydes is 1. The third-order valence-electron chi connectivity index (χ3n) is 3.48. The zero-order chi connectivity index (χ0) is 14.2. The first-order valence-electron chi connectivity index (χ1n) is 7.12. The summed E-state index contributed by atoms with van der Waals surface area (Å²) in [7, 11) is 0. The van der Waals surface area contributed by atoms with E-state index in [9.17, 15) is 4.79 Å². The second-order valence-electron chi connectivity index (χ2n) is 5.05. The van der Waals surface area contributed by atoms with Crippen molar-refractivity contribution in [1.29, 1.82) is 0 Å². The normalized spacial score (nSPS) is 12.1. The Morgan fingerprint density at radius 3 is 2.65 bits per heavy atom. The molecule has 2 heteroatoms. The minimum atomic E-state index is 0.269. The molecule has 2 aromatic carbocycles. The summed E-state index contributed by atoms with van der Waals surface area (Å²) in [5.74, 6) is 0. The zero-order valence-corrected chi connectivity index (χ0v) is 11.9. The second kappa shape index (κ2) is 7.61. The predicted molar refractivity (Wildman–Crippen MR) is 83.0 cm³/mol. The number of hydrogen-bond donors (Lipinski definition) is 1. The van der Waals surface area contributed by atoms with E-state index in [2.05, 4.69) is 42.6 Å². The van der Waals surface area contributed by atoms with Crippen molar-refractivity contribution in [2.75, 3.05) is 6.54 Å². The van der Waals surface area contributed by atoms with Crippen LogP contribution in [0.15, 0.2) is 54.6 Å². The zero-order valence-electron chi connectivity index (χ0n) is 11.9. The maximum absolute atomic E-state index is 10.8. The highest BCUT2D eigenvalue weighted by Gasteiger charge is 2.04. The van der Waals surface area contributed by atoms with E-state index >= 15 is 0 Å².